The Morgan fingerprint density at radius 1 is 1.41 bits per heavy atom. The summed E-state index contributed by atoms with van der Waals surface area (Å²) in [5.74, 6) is 1.15. The molecule has 3 rings (SSSR count). The second-order valence-corrected chi connectivity index (χ2v) is 6.03. The Morgan fingerprint density at radius 3 is 3.05 bits per heavy atom. The summed E-state index contributed by atoms with van der Waals surface area (Å²) < 4.78 is 1.98. The second kappa shape index (κ2) is 6.29. The van der Waals surface area contributed by atoms with Crippen molar-refractivity contribution in [2.24, 2.45) is 0 Å². The molecule has 1 aliphatic rings. The van der Waals surface area contributed by atoms with Gasteiger partial charge in [-0.15, -0.1) is 10.2 Å². The molecule has 1 aliphatic carbocycles. The molecule has 0 unspecified atom stereocenters. The minimum absolute atomic E-state index is 0.0985. The summed E-state index contributed by atoms with van der Waals surface area (Å²) in [4.78, 5) is 12.3. The lowest BCUT2D eigenvalue weighted by molar-refractivity contribution is 0.0946. The van der Waals surface area contributed by atoms with Crippen LogP contribution in [0.3, 0.4) is 0 Å². The van der Waals surface area contributed by atoms with Crippen molar-refractivity contribution >= 4 is 5.91 Å². The van der Waals surface area contributed by atoms with Gasteiger partial charge in [0.25, 0.3) is 5.91 Å². The van der Waals surface area contributed by atoms with Crippen LogP contribution in [0.2, 0.25) is 0 Å². The zero-order chi connectivity index (χ0) is 15.5. The molecule has 0 radical (unpaired) electrons. The number of carbonyl (C=O) groups is 1. The van der Waals surface area contributed by atoms with E-state index in [0.29, 0.717) is 24.7 Å². The molecule has 0 saturated heterocycles. The summed E-state index contributed by atoms with van der Waals surface area (Å²) in [6.07, 6.45) is 5.94. The van der Waals surface area contributed by atoms with Crippen LogP contribution in [0.4, 0.5) is 0 Å². The third-order valence-electron chi connectivity index (χ3n) is 4.07. The van der Waals surface area contributed by atoms with E-state index in [0.717, 1.165) is 36.3 Å². The molecule has 7 nitrogen and oxygen atoms in total. The van der Waals surface area contributed by atoms with E-state index >= 15 is 0 Å². The van der Waals surface area contributed by atoms with Crippen molar-refractivity contribution in [3.63, 3.8) is 0 Å². The molecule has 2 aromatic rings. The van der Waals surface area contributed by atoms with E-state index < -0.39 is 0 Å². The first-order valence-electron chi connectivity index (χ1n) is 7.89. The van der Waals surface area contributed by atoms with Gasteiger partial charge in [-0.05, 0) is 25.7 Å². The molecule has 2 aromatic heterocycles. The first-order chi connectivity index (χ1) is 10.7. The van der Waals surface area contributed by atoms with Gasteiger partial charge in [-0.2, -0.15) is 5.10 Å². The number of carbonyl (C=O) groups excluding carboxylic acids is 1. The third-order valence-corrected chi connectivity index (χ3v) is 4.07. The first-order valence-corrected chi connectivity index (χ1v) is 7.89. The van der Waals surface area contributed by atoms with Gasteiger partial charge < -0.3 is 9.88 Å². The fourth-order valence-corrected chi connectivity index (χ4v) is 2.93. The molecule has 0 saturated carbocycles. The van der Waals surface area contributed by atoms with Crippen molar-refractivity contribution in [1.82, 2.24) is 30.3 Å². The Balaban J connectivity index is 1.59. The van der Waals surface area contributed by atoms with Gasteiger partial charge in [-0.1, -0.05) is 13.8 Å². The number of fused-ring (bicyclic) bond motifs is 1. The third kappa shape index (κ3) is 2.88. The minimum atomic E-state index is -0.0985. The quantitative estimate of drug-likeness (QED) is 0.874. The molecular formula is C15H22N6O. The maximum atomic E-state index is 12.3. The summed E-state index contributed by atoms with van der Waals surface area (Å²) in [5, 5.41) is 18.2. The fraction of sp³-hybridized carbons (Fsp3) is 0.600. The highest BCUT2D eigenvalue weighted by Gasteiger charge is 2.21. The van der Waals surface area contributed by atoms with Gasteiger partial charge in [-0.3, -0.25) is 9.89 Å². The van der Waals surface area contributed by atoms with Crippen molar-refractivity contribution in [3.8, 4) is 0 Å². The molecule has 2 N–H and O–H groups in total. The van der Waals surface area contributed by atoms with Crippen LogP contribution in [0.15, 0.2) is 6.33 Å². The van der Waals surface area contributed by atoms with Gasteiger partial charge in [0.1, 0.15) is 12.2 Å². The highest BCUT2D eigenvalue weighted by atomic mass is 16.1. The van der Waals surface area contributed by atoms with Crippen LogP contribution in [0, 0.1) is 0 Å². The van der Waals surface area contributed by atoms with Crippen LogP contribution in [-0.4, -0.2) is 37.4 Å². The zero-order valence-electron chi connectivity index (χ0n) is 13.1. The lowest BCUT2D eigenvalue weighted by Crippen LogP contribution is -2.29. The Kier molecular flexibility index (Phi) is 4.22. The minimum Gasteiger partial charge on any atom is -0.349 e. The number of aromatic nitrogens is 5. The number of rotatable bonds is 5. The standard InChI is InChI=1S/C15H22N6O/c1-10(2)14-20-17-9-21(14)8-7-16-15(22)13-11-5-3-4-6-12(11)18-19-13/h9-10H,3-8H2,1-2H3,(H,16,22)(H,18,19). The van der Waals surface area contributed by atoms with Crippen molar-refractivity contribution in [1.29, 1.82) is 0 Å². The van der Waals surface area contributed by atoms with Crippen molar-refractivity contribution in [2.45, 2.75) is 52.0 Å². The number of amides is 1. The number of aryl methyl sites for hydroxylation is 1. The number of hydrogen-bond acceptors (Lipinski definition) is 4. The molecule has 0 spiro atoms. The van der Waals surface area contributed by atoms with Gasteiger partial charge >= 0.3 is 0 Å². The van der Waals surface area contributed by atoms with E-state index in [1.807, 2.05) is 4.57 Å². The Bertz CT molecular complexity index is 657. The lowest BCUT2D eigenvalue weighted by atomic mass is 9.96. The van der Waals surface area contributed by atoms with E-state index in [4.69, 9.17) is 0 Å². The van der Waals surface area contributed by atoms with E-state index in [-0.39, 0.29) is 5.91 Å². The second-order valence-electron chi connectivity index (χ2n) is 6.03. The Morgan fingerprint density at radius 2 is 2.23 bits per heavy atom. The molecule has 0 aliphatic heterocycles. The molecule has 0 aromatic carbocycles. The Labute approximate surface area is 129 Å². The summed E-state index contributed by atoms with van der Waals surface area (Å²) in [6, 6.07) is 0. The van der Waals surface area contributed by atoms with Crippen molar-refractivity contribution in [3.05, 3.63) is 29.1 Å². The molecular weight excluding hydrogens is 280 g/mol. The average Bonchev–Trinajstić information content (AvgIpc) is 3.13. The van der Waals surface area contributed by atoms with E-state index in [9.17, 15) is 4.79 Å². The normalized spacial score (nSPS) is 14.1. The van der Waals surface area contributed by atoms with Crippen LogP contribution in [0.1, 0.15) is 60.2 Å². The average molecular weight is 302 g/mol. The van der Waals surface area contributed by atoms with Gasteiger partial charge in [0, 0.05) is 30.3 Å². The summed E-state index contributed by atoms with van der Waals surface area (Å²) in [7, 11) is 0. The predicted octanol–water partition coefficient (Wildman–Crippen LogP) is 1.43. The number of H-pyrrole nitrogens is 1. The molecule has 0 atom stereocenters. The molecule has 1 amide bonds. The molecule has 22 heavy (non-hydrogen) atoms. The maximum Gasteiger partial charge on any atom is 0.272 e. The van der Waals surface area contributed by atoms with E-state index in [1.165, 1.54) is 6.42 Å². The zero-order valence-corrected chi connectivity index (χ0v) is 13.1. The number of hydrogen-bond donors (Lipinski definition) is 2. The van der Waals surface area contributed by atoms with Crippen LogP contribution in [0.25, 0.3) is 0 Å². The molecule has 7 heteroatoms. The van der Waals surface area contributed by atoms with Gasteiger partial charge in [0.2, 0.25) is 0 Å². The van der Waals surface area contributed by atoms with Crippen molar-refractivity contribution < 1.29 is 4.79 Å². The maximum absolute atomic E-state index is 12.3. The van der Waals surface area contributed by atoms with Crippen LogP contribution in [0.5, 0.6) is 0 Å². The van der Waals surface area contributed by atoms with Crippen LogP contribution in [-0.2, 0) is 19.4 Å². The summed E-state index contributed by atoms with van der Waals surface area (Å²) in [5.41, 5.74) is 2.77. The fourth-order valence-electron chi connectivity index (χ4n) is 2.93. The monoisotopic (exact) mass is 302 g/mol. The predicted molar refractivity (Wildman–Crippen MR) is 81.7 cm³/mol. The van der Waals surface area contributed by atoms with E-state index in [2.05, 4.69) is 39.6 Å². The SMILES string of the molecule is CC(C)c1nncn1CCNC(=O)c1n[nH]c2c1CCCC2. The van der Waals surface area contributed by atoms with Gasteiger partial charge in [0.05, 0.1) is 0 Å². The molecule has 2 heterocycles. The topological polar surface area (TPSA) is 88.5 Å². The lowest BCUT2D eigenvalue weighted by Gasteiger charge is -2.12. The highest BCUT2D eigenvalue weighted by Crippen LogP contribution is 2.21. The molecule has 0 fully saturated rings. The molecule has 118 valence electrons. The Hall–Kier alpha value is -2.18. The van der Waals surface area contributed by atoms with Gasteiger partial charge in [0.15, 0.2) is 5.69 Å². The number of nitrogens with zero attached hydrogens (tertiary/aromatic N) is 4. The summed E-state index contributed by atoms with van der Waals surface area (Å²) in [6.45, 7) is 5.36. The van der Waals surface area contributed by atoms with Crippen LogP contribution < -0.4 is 5.32 Å². The largest absolute Gasteiger partial charge is 0.349 e. The smallest absolute Gasteiger partial charge is 0.272 e. The van der Waals surface area contributed by atoms with Crippen molar-refractivity contribution in [2.75, 3.05) is 6.54 Å². The summed E-state index contributed by atoms with van der Waals surface area (Å²) >= 11 is 0. The number of aromatic amines is 1. The first kappa shape index (κ1) is 14.7. The molecule has 0 bridgehead atoms. The van der Waals surface area contributed by atoms with Gasteiger partial charge in [-0.25, -0.2) is 0 Å². The van der Waals surface area contributed by atoms with Crippen LogP contribution >= 0.6 is 0 Å². The number of nitrogens with one attached hydrogen (secondary N) is 2. The van der Waals surface area contributed by atoms with E-state index in [1.54, 1.807) is 6.33 Å². The highest BCUT2D eigenvalue weighted by molar-refractivity contribution is 5.94.